The summed E-state index contributed by atoms with van der Waals surface area (Å²) in [4.78, 5) is 0. The highest BCUT2D eigenvalue weighted by atomic mass is 16.6. The largest absolute Gasteiger partial charge is 0.373 e. The van der Waals surface area contributed by atoms with Gasteiger partial charge in [0.15, 0.2) is 0 Å². The molecule has 5 unspecified atom stereocenters. The Morgan fingerprint density at radius 3 is 0.810 bits per heavy atom. The first-order valence-electron chi connectivity index (χ1n) is 15.8. The van der Waals surface area contributed by atoms with Crippen LogP contribution < -0.4 is 0 Å². The van der Waals surface area contributed by atoms with Crippen LogP contribution in [-0.2, 0) is 23.7 Å². The predicted molar refractivity (Wildman–Crippen MR) is 175 cm³/mol. The monoisotopic (exact) mass is 611 g/mol. The summed E-state index contributed by atoms with van der Waals surface area (Å²) in [6.45, 7) is 8.80. The number of ether oxygens (including phenoxy) is 5. The lowest BCUT2D eigenvalue weighted by Gasteiger charge is -2.35. The van der Waals surface area contributed by atoms with Gasteiger partial charge in [-0.15, -0.1) is 0 Å². The molecule has 0 saturated carbocycles. The Morgan fingerprint density at radius 1 is 0.357 bits per heavy atom. The highest BCUT2D eigenvalue weighted by Crippen LogP contribution is 2.12. The topological polar surface area (TPSA) is 46.2 Å². The summed E-state index contributed by atoms with van der Waals surface area (Å²) in [5.41, 5.74) is 0. The third kappa shape index (κ3) is 25.0. The predicted octanol–water partition coefficient (Wildman–Crippen LogP) is 1.48. The maximum absolute atomic E-state index is 6.62. The Balaban J connectivity index is 5.54. The molecule has 42 heavy (non-hydrogen) atoms. The summed E-state index contributed by atoms with van der Waals surface area (Å²) in [7, 11) is 34.8. The molecule has 10 nitrogen and oxygen atoms in total. The highest BCUT2D eigenvalue weighted by Gasteiger charge is 2.29. The summed E-state index contributed by atoms with van der Waals surface area (Å²) in [5.74, 6) is 0. The number of hydrogen-bond donors (Lipinski definition) is 0. The van der Waals surface area contributed by atoms with E-state index >= 15 is 0 Å². The van der Waals surface area contributed by atoms with E-state index in [9.17, 15) is 0 Å². The van der Waals surface area contributed by atoms with Gasteiger partial charge in [0.25, 0.3) is 0 Å². The lowest BCUT2D eigenvalue weighted by Crippen LogP contribution is -2.50. The molecule has 0 aliphatic heterocycles. The molecule has 0 aliphatic carbocycles. The molecule has 0 aromatic heterocycles. The van der Waals surface area contributed by atoms with Gasteiger partial charge in [-0.25, -0.2) is 0 Å². The number of nitrogens with zero attached hydrogens (tertiary/aromatic N) is 5. The average Bonchev–Trinajstić information content (AvgIpc) is 2.75. The van der Waals surface area contributed by atoms with Crippen LogP contribution in [0.5, 0.6) is 0 Å². The SMILES string of the molecule is CCC(C[N+](C)(C)C)OCC(C[N+](C)(C)C)OCC(C[N+](C)(C)C)OCC(C[N+](C)(C)C)OCC(C[N+](C)(C)C)OC. The molecule has 0 aromatic carbocycles. The first-order chi connectivity index (χ1) is 18.8. The van der Waals surface area contributed by atoms with E-state index in [0.717, 1.165) is 61.6 Å². The van der Waals surface area contributed by atoms with Crippen molar-refractivity contribution in [1.82, 2.24) is 0 Å². The van der Waals surface area contributed by atoms with E-state index in [1.54, 1.807) is 7.11 Å². The zero-order chi connectivity index (χ0) is 33.0. The average molecular weight is 611 g/mol. The van der Waals surface area contributed by atoms with Crippen LogP contribution in [0.15, 0.2) is 0 Å². The van der Waals surface area contributed by atoms with Crippen molar-refractivity contribution < 1.29 is 46.1 Å². The highest BCUT2D eigenvalue weighted by molar-refractivity contribution is 4.66. The van der Waals surface area contributed by atoms with Crippen LogP contribution in [0.1, 0.15) is 13.3 Å². The van der Waals surface area contributed by atoms with Crippen molar-refractivity contribution in [3.05, 3.63) is 0 Å². The normalized spacial score (nSPS) is 17.6. The molecule has 0 N–H and O–H groups in total. The molecule has 0 heterocycles. The van der Waals surface area contributed by atoms with Crippen LogP contribution in [0.4, 0.5) is 0 Å². The van der Waals surface area contributed by atoms with E-state index in [4.69, 9.17) is 23.7 Å². The molecule has 0 bridgehead atoms. The number of hydrogen-bond acceptors (Lipinski definition) is 5. The van der Waals surface area contributed by atoms with Crippen LogP contribution in [0.2, 0.25) is 0 Å². The molecule has 0 spiro atoms. The molecule has 0 rings (SSSR count). The van der Waals surface area contributed by atoms with Crippen LogP contribution in [-0.4, -0.2) is 225 Å². The third-order valence-corrected chi connectivity index (χ3v) is 6.62. The van der Waals surface area contributed by atoms with Gasteiger partial charge < -0.3 is 46.1 Å². The second-order valence-electron chi connectivity index (χ2n) is 17.5. The van der Waals surface area contributed by atoms with Crippen molar-refractivity contribution in [3.63, 3.8) is 0 Å². The zero-order valence-corrected chi connectivity index (χ0v) is 31.2. The maximum atomic E-state index is 6.62. The molecule has 0 amide bonds. The van der Waals surface area contributed by atoms with Gasteiger partial charge >= 0.3 is 0 Å². The van der Waals surface area contributed by atoms with Gasteiger partial charge in [-0.05, 0) is 6.42 Å². The van der Waals surface area contributed by atoms with E-state index in [0.29, 0.717) is 26.4 Å². The molecular formula is C32H76N5O5+5. The lowest BCUT2D eigenvalue weighted by atomic mass is 10.2. The number of quaternary nitrogens is 5. The quantitative estimate of drug-likeness (QED) is 0.155. The minimum atomic E-state index is -0.0591. The molecule has 0 radical (unpaired) electrons. The van der Waals surface area contributed by atoms with Crippen molar-refractivity contribution >= 4 is 0 Å². The zero-order valence-electron chi connectivity index (χ0n) is 31.2. The van der Waals surface area contributed by atoms with Crippen molar-refractivity contribution in [3.8, 4) is 0 Å². The van der Waals surface area contributed by atoms with E-state index in [1.807, 2.05) is 0 Å². The Labute approximate surface area is 261 Å². The van der Waals surface area contributed by atoms with Crippen molar-refractivity contribution in [2.24, 2.45) is 0 Å². The Hall–Kier alpha value is -0.400. The standard InChI is InChI=1S/C32H76N5O5/c1-18-28(19-33(2,3)4)39-25-30(21-35(8,9)10)41-27-32(23-37(14,15)16)42-26-31(22-36(11,12)13)40-24-29(38-17)20-34(5,6)7/h28-32H,18-27H2,1-17H3/q+5. The molecule has 0 saturated heterocycles. The second kappa shape index (κ2) is 17.9. The smallest absolute Gasteiger partial charge is 0.130 e. The minimum absolute atomic E-state index is 0.0126. The molecule has 0 aliphatic rings. The van der Waals surface area contributed by atoms with E-state index in [-0.39, 0.29) is 30.5 Å². The fourth-order valence-electron chi connectivity index (χ4n) is 4.98. The summed E-state index contributed by atoms with van der Waals surface area (Å²) < 4.78 is 36.0. The van der Waals surface area contributed by atoms with Crippen molar-refractivity contribution in [2.75, 3.05) is 172 Å². The first-order valence-corrected chi connectivity index (χ1v) is 15.8. The molecule has 10 heteroatoms. The first kappa shape index (κ1) is 41.6. The lowest BCUT2D eigenvalue weighted by molar-refractivity contribution is -0.876. The van der Waals surface area contributed by atoms with Gasteiger partial charge in [-0.1, -0.05) is 6.92 Å². The third-order valence-electron chi connectivity index (χ3n) is 6.62. The second-order valence-corrected chi connectivity index (χ2v) is 17.5. The van der Waals surface area contributed by atoms with Crippen LogP contribution in [0, 0.1) is 0 Å². The van der Waals surface area contributed by atoms with E-state index in [2.05, 4.69) is 113 Å². The molecule has 0 aromatic rings. The van der Waals surface area contributed by atoms with Gasteiger partial charge in [0.2, 0.25) is 0 Å². The van der Waals surface area contributed by atoms with Gasteiger partial charge in [-0.3, -0.25) is 0 Å². The number of rotatable bonds is 24. The van der Waals surface area contributed by atoms with Gasteiger partial charge in [-0.2, -0.15) is 0 Å². The minimum Gasteiger partial charge on any atom is -0.373 e. The summed E-state index contributed by atoms with van der Waals surface area (Å²) >= 11 is 0. The van der Waals surface area contributed by atoms with E-state index in [1.165, 1.54) is 0 Å². The summed E-state index contributed by atoms with van der Waals surface area (Å²) in [5, 5.41) is 0. The van der Waals surface area contributed by atoms with Crippen LogP contribution in [0.25, 0.3) is 0 Å². The Bertz CT molecular complexity index is 653. The summed E-state index contributed by atoms with van der Waals surface area (Å²) in [6, 6.07) is 0. The van der Waals surface area contributed by atoms with Crippen LogP contribution in [0.3, 0.4) is 0 Å². The van der Waals surface area contributed by atoms with E-state index < -0.39 is 0 Å². The molecular weight excluding hydrogens is 534 g/mol. The van der Waals surface area contributed by atoms with Gasteiger partial charge in [0, 0.05) is 7.11 Å². The Kier molecular flexibility index (Phi) is 17.8. The number of methoxy groups -OCH3 is 1. The molecule has 0 fully saturated rings. The number of likely N-dealkylation sites (N-methyl/N-ethyl adjacent to an activating group) is 5. The van der Waals surface area contributed by atoms with Crippen LogP contribution >= 0.6 is 0 Å². The van der Waals surface area contributed by atoms with Crippen molar-refractivity contribution in [1.29, 1.82) is 0 Å². The van der Waals surface area contributed by atoms with Gasteiger partial charge in [0.1, 0.15) is 63.2 Å². The summed E-state index contributed by atoms with van der Waals surface area (Å²) in [6.07, 6.45) is 1.12. The van der Waals surface area contributed by atoms with Gasteiger partial charge in [0.05, 0.1) is 132 Å². The fraction of sp³-hybridized carbons (Fsp3) is 1.00. The fourth-order valence-corrected chi connectivity index (χ4v) is 4.98. The Morgan fingerprint density at radius 2 is 0.571 bits per heavy atom. The van der Waals surface area contributed by atoms with Crippen molar-refractivity contribution in [2.45, 2.75) is 43.9 Å². The maximum Gasteiger partial charge on any atom is 0.130 e. The molecule has 254 valence electrons. The molecule has 5 atom stereocenters.